The van der Waals surface area contributed by atoms with E-state index in [1.807, 2.05) is 30.3 Å². The van der Waals surface area contributed by atoms with Crippen LogP contribution in [-0.2, 0) is 43.2 Å². The average molecular weight is 771 g/mol. The summed E-state index contributed by atoms with van der Waals surface area (Å²) in [6.45, 7) is 0.615. The third-order valence-corrected chi connectivity index (χ3v) is 9.69. The Morgan fingerprint density at radius 1 is 0.821 bits per heavy atom. The van der Waals surface area contributed by atoms with Gasteiger partial charge in [-0.05, 0) is 55.8 Å². The molecule has 0 bridgehead atoms. The average Bonchev–Trinajstić information content (AvgIpc) is 3.98. The van der Waals surface area contributed by atoms with Gasteiger partial charge in [0.15, 0.2) is 0 Å². The molecule has 1 aliphatic heterocycles. The number of H-pyrrole nitrogens is 2. The Balaban J connectivity index is 1.24. The number of rotatable bonds is 18. The van der Waals surface area contributed by atoms with Crippen LogP contribution in [0.25, 0.3) is 10.9 Å². The predicted molar refractivity (Wildman–Crippen MR) is 207 cm³/mol. The molecule has 3 heterocycles. The predicted octanol–water partition coefficient (Wildman–Crippen LogP) is -0.480. The number of benzene rings is 2. The molecule has 4 aromatic rings. The second kappa shape index (κ2) is 19.9. The van der Waals surface area contributed by atoms with E-state index in [0.717, 1.165) is 22.0 Å². The summed E-state index contributed by atoms with van der Waals surface area (Å²) < 4.78 is 0. The van der Waals surface area contributed by atoms with Crippen LogP contribution >= 0.6 is 0 Å². The minimum absolute atomic E-state index is 0.0669. The smallest absolute Gasteiger partial charge is 0.336 e. The molecule has 0 saturated carbocycles. The molecule has 2 aromatic heterocycles. The van der Waals surface area contributed by atoms with Crippen molar-refractivity contribution in [3.63, 3.8) is 0 Å². The monoisotopic (exact) mass is 770 g/mol. The maximum atomic E-state index is 13.8. The van der Waals surface area contributed by atoms with Crippen molar-refractivity contribution in [1.29, 1.82) is 0 Å². The van der Waals surface area contributed by atoms with Crippen LogP contribution in [0.5, 0.6) is 0 Å². The van der Waals surface area contributed by atoms with Crippen molar-refractivity contribution in [2.45, 2.75) is 81.6 Å². The molecular formula is C38H50N12O6. The number of carbonyl (C=O) groups is 6. The SMILES string of the molecule is NCCCC[C@H](NC(=O)[C@@H](Cc1ccccc1)NC(=O)C1CCCN1C(=O)NNC(=O)[C@@H](Cc1c[nH]c2ccccc12)NC(=O)C(N)Cc1cnc[nH]1)C(N)=O. The molecule has 298 valence electrons. The van der Waals surface area contributed by atoms with Crippen LogP contribution in [0.1, 0.15) is 48.9 Å². The highest BCUT2D eigenvalue weighted by molar-refractivity contribution is 5.95. The first-order chi connectivity index (χ1) is 27.0. The molecule has 0 spiro atoms. The second-order valence-corrected chi connectivity index (χ2v) is 13.8. The van der Waals surface area contributed by atoms with Gasteiger partial charge in [-0.2, -0.15) is 0 Å². The Morgan fingerprint density at radius 2 is 1.55 bits per heavy atom. The van der Waals surface area contributed by atoms with Gasteiger partial charge in [-0.1, -0.05) is 48.5 Å². The van der Waals surface area contributed by atoms with Gasteiger partial charge in [0.1, 0.15) is 24.2 Å². The summed E-state index contributed by atoms with van der Waals surface area (Å²) in [5.41, 5.74) is 25.1. The van der Waals surface area contributed by atoms with Gasteiger partial charge in [0.25, 0.3) is 5.91 Å². The van der Waals surface area contributed by atoms with E-state index >= 15 is 0 Å². The lowest BCUT2D eigenvalue weighted by molar-refractivity contribution is -0.132. The Morgan fingerprint density at radius 3 is 2.29 bits per heavy atom. The first-order valence-electron chi connectivity index (χ1n) is 18.6. The number of unbranched alkanes of at least 4 members (excludes halogenated alkanes) is 1. The molecule has 5 atom stereocenters. The van der Waals surface area contributed by atoms with E-state index in [0.29, 0.717) is 37.9 Å². The number of fused-ring (bicyclic) bond motifs is 1. The third kappa shape index (κ3) is 11.1. The van der Waals surface area contributed by atoms with Crippen LogP contribution in [-0.4, -0.2) is 98.7 Å². The van der Waals surface area contributed by atoms with E-state index in [9.17, 15) is 28.8 Å². The van der Waals surface area contributed by atoms with Gasteiger partial charge in [-0.25, -0.2) is 15.2 Å². The van der Waals surface area contributed by atoms with E-state index < -0.39 is 65.8 Å². The molecule has 7 amide bonds. The third-order valence-electron chi connectivity index (χ3n) is 9.69. The number of imidazole rings is 1. The number of hydrazine groups is 1. The number of nitrogens with zero attached hydrogens (tertiary/aromatic N) is 2. The number of aromatic nitrogens is 3. The molecular weight excluding hydrogens is 720 g/mol. The van der Waals surface area contributed by atoms with Crippen molar-refractivity contribution >= 4 is 46.5 Å². The lowest BCUT2D eigenvalue weighted by Gasteiger charge is -2.28. The summed E-state index contributed by atoms with van der Waals surface area (Å²) in [5, 5.41) is 9.01. The fourth-order valence-electron chi connectivity index (χ4n) is 6.67. The molecule has 0 aliphatic carbocycles. The molecule has 13 N–H and O–H groups in total. The van der Waals surface area contributed by atoms with E-state index in [1.165, 1.54) is 11.2 Å². The summed E-state index contributed by atoms with van der Waals surface area (Å²) in [5.74, 6) is -3.21. The highest BCUT2D eigenvalue weighted by Gasteiger charge is 2.37. The number of para-hydroxylation sites is 1. The quantitative estimate of drug-likeness (QED) is 0.0461. The van der Waals surface area contributed by atoms with Crippen molar-refractivity contribution in [3.05, 3.63) is 90.1 Å². The number of aromatic amines is 2. The zero-order valence-corrected chi connectivity index (χ0v) is 31.0. The minimum atomic E-state index is -1.15. The van der Waals surface area contributed by atoms with Crippen LogP contribution in [0, 0.1) is 0 Å². The number of likely N-dealkylation sites (tertiary alicyclic amines) is 1. The standard InChI is InChI=1S/C38H50N12O6/c39-15-7-6-13-29(33(41)51)45-35(53)30(17-23-9-2-1-3-10-23)47-37(55)32-14-8-16-50(32)38(56)49-48-36(54)31(18-24-20-43-28-12-5-4-11-26(24)28)46-34(52)27(40)19-25-21-42-22-44-25/h1-5,9-12,20-22,27,29-32,43H,6-8,13-19,39-40H2,(H2,41,51)(H,42,44)(H,45,53)(H,46,52)(H,47,55)(H,48,54)(H,49,56)/t27?,29-,30+,31+,32?/m0/s1. The Labute approximate surface area is 323 Å². The van der Waals surface area contributed by atoms with Gasteiger partial charge in [-0.15, -0.1) is 0 Å². The number of primary amides is 1. The van der Waals surface area contributed by atoms with Crippen molar-refractivity contribution in [3.8, 4) is 0 Å². The zero-order chi connectivity index (χ0) is 40.0. The molecule has 56 heavy (non-hydrogen) atoms. The Bertz CT molecular complexity index is 1950. The largest absolute Gasteiger partial charge is 0.368 e. The highest BCUT2D eigenvalue weighted by atomic mass is 16.2. The van der Waals surface area contributed by atoms with Gasteiger partial charge in [0.2, 0.25) is 23.6 Å². The molecule has 2 aromatic carbocycles. The number of urea groups is 1. The van der Waals surface area contributed by atoms with E-state index in [-0.39, 0.29) is 32.2 Å². The molecule has 1 saturated heterocycles. The normalized spacial score (nSPS) is 16.0. The summed E-state index contributed by atoms with van der Waals surface area (Å²) in [4.78, 5) is 91.0. The molecule has 2 unspecified atom stereocenters. The molecule has 5 rings (SSSR count). The maximum absolute atomic E-state index is 13.8. The highest BCUT2D eigenvalue weighted by Crippen LogP contribution is 2.20. The van der Waals surface area contributed by atoms with Crippen LogP contribution in [0.4, 0.5) is 4.79 Å². The van der Waals surface area contributed by atoms with E-state index in [4.69, 9.17) is 17.2 Å². The summed E-state index contributed by atoms with van der Waals surface area (Å²) in [6.07, 6.45) is 7.36. The van der Waals surface area contributed by atoms with Gasteiger partial charge in [0, 0.05) is 54.8 Å². The zero-order valence-electron chi connectivity index (χ0n) is 31.0. The molecule has 18 nitrogen and oxygen atoms in total. The summed E-state index contributed by atoms with van der Waals surface area (Å²) >= 11 is 0. The number of nitrogens with one attached hydrogen (secondary N) is 7. The number of hydrogen-bond acceptors (Lipinski definition) is 9. The number of hydrogen-bond donors (Lipinski definition) is 10. The number of nitrogens with two attached hydrogens (primary N) is 3. The van der Waals surface area contributed by atoms with Gasteiger partial charge >= 0.3 is 6.03 Å². The number of amides is 7. The fraction of sp³-hybridized carbons (Fsp3) is 0.395. The summed E-state index contributed by atoms with van der Waals surface area (Å²) in [6, 6.07) is 10.6. The lowest BCUT2D eigenvalue weighted by atomic mass is 10.0. The van der Waals surface area contributed by atoms with Crippen molar-refractivity contribution in [2.75, 3.05) is 13.1 Å². The number of carbonyl (C=O) groups excluding carboxylic acids is 6. The van der Waals surface area contributed by atoms with E-state index in [1.54, 1.807) is 36.7 Å². The van der Waals surface area contributed by atoms with Crippen LogP contribution < -0.4 is 44.0 Å². The topological polar surface area (TPSA) is 288 Å². The Kier molecular flexibility index (Phi) is 14.5. The van der Waals surface area contributed by atoms with Crippen molar-refractivity contribution < 1.29 is 28.8 Å². The van der Waals surface area contributed by atoms with Gasteiger partial charge < -0.3 is 48.0 Å². The van der Waals surface area contributed by atoms with Gasteiger partial charge in [0.05, 0.1) is 12.4 Å². The maximum Gasteiger partial charge on any atom is 0.336 e. The summed E-state index contributed by atoms with van der Waals surface area (Å²) in [7, 11) is 0. The van der Waals surface area contributed by atoms with Gasteiger partial charge in [-0.3, -0.25) is 29.4 Å². The van der Waals surface area contributed by atoms with Crippen LogP contribution in [0.15, 0.2) is 73.3 Å². The molecule has 1 fully saturated rings. The molecule has 0 radical (unpaired) electrons. The first-order valence-corrected chi connectivity index (χ1v) is 18.6. The van der Waals surface area contributed by atoms with Crippen LogP contribution in [0.3, 0.4) is 0 Å². The molecule has 18 heteroatoms. The molecule has 1 aliphatic rings. The minimum Gasteiger partial charge on any atom is -0.368 e. The van der Waals surface area contributed by atoms with E-state index in [2.05, 4.69) is 41.8 Å². The van der Waals surface area contributed by atoms with Crippen molar-refractivity contribution in [2.24, 2.45) is 17.2 Å². The van der Waals surface area contributed by atoms with Crippen LogP contribution in [0.2, 0.25) is 0 Å². The second-order valence-electron chi connectivity index (χ2n) is 13.8. The lowest BCUT2D eigenvalue weighted by Crippen LogP contribution is -2.60. The first kappa shape index (κ1) is 40.9. The van der Waals surface area contributed by atoms with Crippen molar-refractivity contribution in [1.82, 2.24) is 46.7 Å². The fourth-order valence-corrected chi connectivity index (χ4v) is 6.67. The Hall–Kier alpha value is -6.27.